The number of Topliss-reactive ketones (excluding diaryl/α,β-unsaturated/α-hetero) is 1. The van der Waals surface area contributed by atoms with Gasteiger partial charge in [-0.1, -0.05) is 56.2 Å². The van der Waals surface area contributed by atoms with Gasteiger partial charge in [0, 0.05) is 12.1 Å². The maximum Gasteiger partial charge on any atom is 0.295 e. The molecular weight excluding hydrogens is 522 g/mol. The minimum Gasteiger partial charge on any atom is -0.507 e. The molecule has 0 saturated carbocycles. The number of carbonyl (C=O) groups excluding carboxylic acids is 2. The Bertz CT molecular complexity index is 1430. The van der Waals surface area contributed by atoms with Gasteiger partial charge in [0.1, 0.15) is 19.0 Å². The average Bonchev–Trinajstić information content (AvgIpc) is 3.25. The van der Waals surface area contributed by atoms with Gasteiger partial charge in [-0.15, -0.1) is 0 Å². The molecule has 3 aromatic carbocycles. The standard InChI is InChI=1S/C33H35NO7/c1-3-5-9-16-39-25-14-12-23(19-27(25)38-4-2)30-29(31(35)24-13-15-26-28(20-24)41-18-17-40-26)32(36)33(37)34(30)21-22-10-7-6-8-11-22/h6-8,10-15,19-20,30,35H,3-5,9,16-18,21H2,1-2H3. The zero-order valence-electron chi connectivity index (χ0n) is 23.4. The van der Waals surface area contributed by atoms with Crippen LogP contribution in [-0.4, -0.2) is 48.1 Å². The van der Waals surface area contributed by atoms with Crippen LogP contribution in [0.5, 0.6) is 23.0 Å². The van der Waals surface area contributed by atoms with E-state index < -0.39 is 17.7 Å². The monoisotopic (exact) mass is 557 g/mol. The SMILES string of the molecule is CCCCCOc1ccc(C2C(=C(O)c3ccc4c(c3)OCCO4)C(=O)C(=O)N2Cc2ccccc2)cc1OCC. The molecule has 5 rings (SSSR count). The number of likely N-dealkylation sites (tertiary alicyclic amines) is 1. The molecule has 8 heteroatoms. The molecule has 0 aromatic heterocycles. The van der Waals surface area contributed by atoms with Crippen LogP contribution in [0, 0.1) is 0 Å². The van der Waals surface area contributed by atoms with Gasteiger partial charge in [-0.05, 0) is 54.8 Å². The summed E-state index contributed by atoms with van der Waals surface area (Å²) >= 11 is 0. The Morgan fingerprint density at radius 1 is 0.902 bits per heavy atom. The molecule has 2 aliphatic rings. The second kappa shape index (κ2) is 12.8. The van der Waals surface area contributed by atoms with Crippen molar-refractivity contribution in [1.82, 2.24) is 4.90 Å². The molecule has 2 aliphatic heterocycles. The molecule has 0 aliphatic carbocycles. The van der Waals surface area contributed by atoms with Gasteiger partial charge in [0.15, 0.2) is 23.0 Å². The predicted octanol–water partition coefficient (Wildman–Crippen LogP) is 6.05. The van der Waals surface area contributed by atoms with Gasteiger partial charge in [-0.25, -0.2) is 0 Å². The van der Waals surface area contributed by atoms with Crippen LogP contribution in [0.15, 0.2) is 72.3 Å². The lowest BCUT2D eigenvalue weighted by atomic mass is 9.94. The number of carbonyl (C=O) groups is 2. The second-order valence-electron chi connectivity index (χ2n) is 9.97. The molecule has 1 atom stereocenters. The number of unbranched alkanes of at least 4 members (excludes halogenated alkanes) is 2. The number of hydrogen-bond acceptors (Lipinski definition) is 7. The molecule has 2 heterocycles. The Morgan fingerprint density at radius 3 is 2.44 bits per heavy atom. The summed E-state index contributed by atoms with van der Waals surface area (Å²) in [7, 11) is 0. The van der Waals surface area contributed by atoms with Crippen LogP contribution in [0.2, 0.25) is 0 Å². The van der Waals surface area contributed by atoms with Gasteiger partial charge in [-0.2, -0.15) is 0 Å². The molecule has 41 heavy (non-hydrogen) atoms. The molecule has 1 unspecified atom stereocenters. The molecule has 214 valence electrons. The van der Waals surface area contributed by atoms with E-state index in [1.54, 1.807) is 30.3 Å². The number of ether oxygens (including phenoxy) is 4. The normalized spacial score (nSPS) is 17.5. The highest BCUT2D eigenvalue weighted by Gasteiger charge is 2.46. The molecule has 1 amide bonds. The first-order valence-corrected chi connectivity index (χ1v) is 14.1. The van der Waals surface area contributed by atoms with Gasteiger partial charge < -0.3 is 29.0 Å². The smallest absolute Gasteiger partial charge is 0.295 e. The zero-order valence-corrected chi connectivity index (χ0v) is 23.4. The molecule has 3 aromatic rings. The number of nitrogens with zero attached hydrogens (tertiary/aromatic N) is 1. The lowest BCUT2D eigenvalue weighted by molar-refractivity contribution is -0.140. The Hall–Kier alpha value is -4.46. The van der Waals surface area contributed by atoms with Crippen LogP contribution in [0.3, 0.4) is 0 Å². The molecule has 1 N–H and O–H groups in total. The largest absolute Gasteiger partial charge is 0.507 e. The minimum absolute atomic E-state index is 0.00155. The van der Waals surface area contributed by atoms with Crippen molar-refractivity contribution in [2.75, 3.05) is 26.4 Å². The highest BCUT2D eigenvalue weighted by Crippen LogP contribution is 2.43. The summed E-state index contributed by atoms with van der Waals surface area (Å²) in [6.07, 6.45) is 3.08. The molecule has 8 nitrogen and oxygen atoms in total. The summed E-state index contributed by atoms with van der Waals surface area (Å²) in [5.41, 5.74) is 1.85. The van der Waals surface area contributed by atoms with E-state index in [1.165, 1.54) is 4.90 Å². The van der Waals surface area contributed by atoms with Crippen LogP contribution in [0.1, 0.15) is 55.8 Å². The van der Waals surface area contributed by atoms with Crippen LogP contribution in [0.4, 0.5) is 0 Å². The van der Waals surface area contributed by atoms with E-state index in [0.29, 0.717) is 60.6 Å². The van der Waals surface area contributed by atoms with E-state index in [1.807, 2.05) is 43.3 Å². The van der Waals surface area contributed by atoms with Gasteiger partial charge in [-0.3, -0.25) is 9.59 Å². The third-order valence-electron chi connectivity index (χ3n) is 7.14. The number of fused-ring (bicyclic) bond motifs is 1. The van der Waals surface area contributed by atoms with Crippen LogP contribution in [0.25, 0.3) is 5.76 Å². The van der Waals surface area contributed by atoms with Crippen LogP contribution < -0.4 is 18.9 Å². The van der Waals surface area contributed by atoms with Crippen molar-refractivity contribution in [2.24, 2.45) is 0 Å². The van der Waals surface area contributed by atoms with E-state index >= 15 is 0 Å². The van der Waals surface area contributed by atoms with Crippen molar-refractivity contribution in [2.45, 2.75) is 45.7 Å². The lowest BCUT2D eigenvalue weighted by Crippen LogP contribution is -2.29. The summed E-state index contributed by atoms with van der Waals surface area (Å²) in [5.74, 6) is 0.429. The van der Waals surface area contributed by atoms with Crippen LogP contribution >= 0.6 is 0 Å². The summed E-state index contributed by atoms with van der Waals surface area (Å²) in [6, 6.07) is 19.0. The van der Waals surface area contributed by atoms with Gasteiger partial charge in [0.05, 0.1) is 24.8 Å². The van der Waals surface area contributed by atoms with E-state index in [9.17, 15) is 14.7 Å². The van der Waals surface area contributed by atoms with Crippen molar-refractivity contribution in [3.63, 3.8) is 0 Å². The summed E-state index contributed by atoms with van der Waals surface area (Å²) < 4.78 is 23.2. The quantitative estimate of drug-likeness (QED) is 0.133. The van der Waals surface area contributed by atoms with Gasteiger partial charge >= 0.3 is 0 Å². The molecule has 0 bridgehead atoms. The molecule has 0 radical (unpaired) electrons. The van der Waals surface area contributed by atoms with Crippen molar-refractivity contribution < 1.29 is 33.6 Å². The number of hydrogen-bond donors (Lipinski definition) is 1. The number of rotatable bonds is 11. The highest BCUT2D eigenvalue weighted by atomic mass is 16.6. The Labute approximate surface area is 240 Å². The maximum atomic E-state index is 13.6. The van der Waals surface area contributed by atoms with Crippen molar-refractivity contribution in [3.8, 4) is 23.0 Å². The summed E-state index contributed by atoms with van der Waals surface area (Å²) in [6.45, 7) is 6.00. The summed E-state index contributed by atoms with van der Waals surface area (Å²) in [4.78, 5) is 28.5. The van der Waals surface area contributed by atoms with E-state index in [4.69, 9.17) is 18.9 Å². The molecular formula is C33H35NO7. The summed E-state index contributed by atoms with van der Waals surface area (Å²) in [5, 5.41) is 11.5. The van der Waals surface area contributed by atoms with Crippen LogP contribution in [-0.2, 0) is 16.1 Å². The zero-order chi connectivity index (χ0) is 28.8. The first-order chi connectivity index (χ1) is 20.0. The fraction of sp³-hybridized carbons (Fsp3) is 0.333. The number of amides is 1. The van der Waals surface area contributed by atoms with Crippen molar-refractivity contribution in [3.05, 3.63) is 89.0 Å². The first-order valence-electron chi connectivity index (χ1n) is 14.1. The second-order valence-corrected chi connectivity index (χ2v) is 9.97. The highest BCUT2D eigenvalue weighted by molar-refractivity contribution is 6.46. The fourth-order valence-electron chi connectivity index (χ4n) is 5.13. The predicted molar refractivity (Wildman–Crippen MR) is 154 cm³/mol. The number of benzene rings is 3. The topological polar surface area (TPSA) is 94.5 Å². The molecule has 0 spiro atoms. The lowest BCUT2D eigenvalue weighted by Gasteiger charge is -2.26. The Kier molecular flexibility index (Phi) is 8.77. The Morgan fingerprint density at radius 2 is 1.68 bits per heavy atom. The maximum absolute atomic E-state index is 13.6. The number of aliphatic hydroxyl groups excluding tert-OH is 1. The number of ketones is 1. The Balaban J connectivity index is 1.59. The third-order valence-corrected chi connectivity index (χ3v) is 7.14. The van der Waals surface area contributed by atoms with E-state index in [-0.39, 0.29) is 17.9 Å². The van der Waals surface area contributed by atoms with E-state index in [2.05, 4.69) is 6.92 Å². The van der Waals surface area contributed by atoms with Crippen molar-refractivity contribution >= 4 is 17.4 Å². The van der Waals surface area contributed by atoms with Gasteiger partial charge in [0.25, 0.3) is 11.7 Å². The third kappa shape index (κ3) is 6.01. The fourth-order valence-corrected chi connectivity index (χ4v) is 5.13. The molecule has 1 fully saturated rings. The number of aliphatic hydroxyl groups is 1. The van der Waals surface area contributed by atoms with Gasteiger partial charge in [0.2, 0.25) is 0 Å². The van der Waals surface area contributed by atoms with E-state index in [0.717, 1.165) is 24.8 Å². The average molecular weight is 558 g/mol. The molecule has 1 saturated heterocycles. The van der Waals surface area contributed by atoms with Crippen molar-refractivity contribution in [1.29, 1.82) is 0 Å². The minimum atomic E-state index is -0.850. The first kappa shape index (κ1) is 28.1.